The van der Waals surface area contributed by atoms with Gasteiger partial charge in [0.05, 0.1) is 10.6 Å². The molecule has 0 fully saturated rings. The summed E-state index contributed by atoms with van der Waals surface area (Å²) in [5.41, 5.74) is 1.83. The summed E-state index contributed by atoms with van der Waals surface area (Å²) in [5.74, 6) is -0.0996. The fourth-order valence-electron chi connectivity index (χ4n) is 2.28. The number of phenols is 1. The first-order valence-corrected chi connectivity index (χ1v) is 7.97. The molecular formula is C19H20N2O4. The van der Waals surface area contributed by atoms with Crippen molar-refractivity contribution in [3.63, 3.8) is 0 Å². The maximum Gasteiger partial charge on any atom is 0.270 e. The molecule has 0 aliphatic rings. The van der Waals surface area contributed by atoms with Crippen LogP contribution in [-0.2, 0) is 4.79 Å². The van der Waals surface area contributed by atoms with Crippen molar-refractivity contribution in [1.82, 2.24) is 0 Å². The number of non-ortho nitro benzene ring substituents is 1. The van der Waals surface area contributed by atoms with Gasteiger partial charge in [0.2, 0.25) is 5.91 Å². The second kappa shape index (κ2) is 8.10. The third-order valence-corrected chi connectivity index (χ3v) is 3.97. The summed E-state index contributed by atoms with van der Waals surface area (Å²) in [6.07, 6.45) is 3.70. The normalized spacial score (nSPS) is 12.1. The number of carbonyl (C=O) groups excluding carboxylic acids is 1. The number of rotatable bonds is 6. The van der Waals surface area contributed by atoms with Crippen molar-refractivity contribution < 1.29 is 14.8 Å². The van der Waals surface area contributed by atoms with Crippen LogP contribution in [0, 0.1) is 10.1 Å². The zero-order valence-corrected chi connectivity index (χ0v) is 14.1. The van der Waals surface area contributed by atoms with Gasteiger partial charge in [-0.3, -0.25) is 14.9 Å². The van der Waals surface area contributed by atoms with Gasteiger partial charge in [-0.15, -0.1) is 0 Å². The molecule has 0 saturated heterocycles. The molecule has 2 N–H and O–H groups in total. The van der Waals surface area contributed by atoms with E-state index in [0.717, 1.165) is 12.0 Å². The second-order valence-corrected chi connectivity index (χ2v) is 5.76. The van der Waals surface area contributed by atoms with E-state index in [4.69, 9.17) is 0 Å². The Bertz CT molecular complexity index is 815. The third-order valence-electron chi connectivity index (χ3n) is 3.97. The van der Waals surface area contributed by atoms with Gasteiger partial charge >= 0.3 is 0 Å². The summed E-state index contributed by atoms with van der Waals surface area (Å²) in [5, 5.41) is 23.4. The largest absolute Gasteiger partial charge is 0.506 e. The predicted molar refractivity (Wildman–Crippen MR) is 97.6 cm³/mol. The number of hydrogen-bond acceptors (Lipinski definition) is 4. The first-order valence-electron chi connectivity index (χ1n) is 7.97. The fraction of sp³-hybridized carbons (Fsp3) is 0.211. The van der Waals surface area contributed by atoms with E-state index in [2.05, 4.69) is 19.2 Å². The number of benzene rings is 2. The third kappa shape index (κ3) is 4.91. The van der Waals surface area contributed by atoms with Crippen molar-refractivity contribution in [2.45, 2.75) is 26.2 Å². The lowest BCUT2D eigenvalue weighted by Gasteiger charge is -2.12. The van der Waals surface area contributed by atoms with Gasteiger partial charge in [-0.2, -0.15) is 0 Å². The molecule has 0 heterocycles. The second-order valence-electron chi connectivity index (χ2n) is 5.76. The van der Waals surface area contributed by atoms with Crippen LogP contribution < -0.4 is 5.32 Å². The average Bonchev–Trinajstić information content (AvgIpc) is 2.61. The van der Waals surface area contributed by atoms with E-state index in [1.54, 1.807) is 24.3 Å². The van der Waals surface area contributed by atoms with Crippen molar-refractivity contribution in [2.24, 2.45) is 0 Å². The van der Waals surface area contributed by atoms with Crippen LogP contribution >= 0.6 is 0 Å². The lowest BCUT2D eigenvalue weighted by Crippen LogP contribution is -2.08. The summed E-state index contributed by atoms with van der Waals surface area (Å²) in [6.45, 7) is 4.13. The van der Waals surface area contributed by atoms with Crippen LogP contribution in [0.2, 0.25) is 0 Å². The number of amides is 1. The number of nitro benzene ring substituents is 1. The highest BCUT2D eigenvalue weighted by molar-refractivity contribution is 6.02. The van der Waals surface area contributed by atoms with Crippen molar-refractivity contribution in [2.75, 3.05) is 5.32 Å². The predicted octanol–water partition coefficient (Wildman–Crippen LogP) is 4.47. The Balaban J connectivity index is 2.07. The van der Waals surface area contributed by atoms with E-state index in [0.29, 0.717) is 17.2 Å². The van der Waals surface area contributed by atoms with Gasteiger partial charge in [-0.25, -0.2) is 0 Å². The highest BCUT2D eigenvalue weighted by atomic mass is 16.6. The summed E-state index contributed by atoms with van der Waals surface area (Å²) >= 11 is 0. The molecule has 2 rings (SSSR count). The Labute approximate surface area is 146 Å². The molecule has 0 radical (unpaired) electrons. The van der Waals surface area contributed by atoms with E-state index in [1.807, 2.05) is 6.07 Å². The van der Waals surface area contributed by atoms with E-state index >= 15 is 0 Å². The SMILES string of the molecule is CCC(C)c1ccc(NC(=O)C=Cc2cccc([N+](=O)[O-])c2)c(O)c1. The molecule has 6 heteroatoms. The van der Waals surface area contributed by atoms with Gasteiger partial charge in [0.15, 0.2) is 0 Å². The Morgan fingerprint density at radius 1 is 1.32 bits per heavy atom. The molecule has 130 valence electrons. The van der Waals surface area contributed by atoms with Crippen molar-refractivity contribution >= 4 is 23.4 Å². The highest BCUT2D eigenvalue weighted by Crippen LogP contribution is 2.29. The number of aromatic hydroxyl groups is 1. The van der Waals surface area contributed by atoms with Crippen LogP contribution in [0.1, 0.15) is 37.3 Å². The maximum absolute atomic E-state index is 12.0. The molecule has 0 bridgehead atoms. The molecule has 1 unspecified atom stereocenters. The number of hydrogen-bond donors (Lipinski definition) is 2. The number of nitrogens with one attached hydrogen (secondary N) is 1. The number of phenolic OH excluding ortho intramolecular Hbond substituents is 1. The minimum atomic E-state index is -0.492. The minimum absolute atomic E-state index is 0.00917. The van der Waals surface area contributed by atoms with Crippen molar-refractivity contribution in [3.05, 3.63) is 69.8 Å². The molecule has 0 aromatic heterocycles. The zero-order valence-electron chi connectivity index (χ0n) is 14.1. The van der Waals surface area contributed by atoms with Gasteiger partial charge in [-0.05, 0) is 41.7 Å². The topological polar surface area (TPSA) is 92.5 Å². The lowest BCUT2D eigenvalue weighted by atomic mass is 9.98. The molecule has 0 aliphatic heterocycles. The van der Waals surface area contributed by atoms with Gasteiger partial charge in [-0.1, -0.05) is 32.0 Å². The molecule has 1 atom stereocenters. The molecule has 2 aromatic carbocycles. The number of nitrogens with zero attached hydrogens (tertiary/aromatic N) is 1. The first kappa shape index (κ1) is 18.2. The molecule has 0 spiro atoms. The molecular weight excluding hydrogens is 320 g/mol. The smallest absolute Gasteiger partial charge is 0.270 e. The molecule has 0 aliphatic carbocycles. The average molecular weight is 340 g/mol. The Morgan fingerprint density at radius 3 is 2.72 bits per heavy atom. The number of anilines is 1. The Morgan fingerprint density at radius 2 is 2.08 bits per heavy atom. The minimum Gasteiger partial charge on any atom is -0.506 e. The van der Waals surface area contributed by atoms with Crippen LogP contribution in [0.25, 0.3) is 6.08 Å². The van der Waals surface area contributed by atoms with Gasteiger partial charge in [0.25, 0.3) is 5.69 Å². The first-order chi connectivity index (χ1) is 11.9. The molecule has 25 heavy (non-hydrogen) atoms. The van der Waals surface area contributed by atoms with E-state index < -0.39 is 10.8 Å². The molecule has 1 amide bonds. The van der Waals surface area contributed by atoms with Crippen LogP contribution in [-0.4, -0.2) is 15.9 Å². The monoisotopic (exact) mass is 340 g/mol. The van der Waals surface area contributed by atoms with Crippen LogP contribution in [0.4, 0.5) is 11.4 Å². The van der Waals surface area contributed by atoms with E-state index in [-0.39, 0.29) is 11.4 Å². The highest BCUT2D eigenvalue weighted by Gasteiger charge is 2.09. The summed E-state index contributed by atoms with van der Waals surface area (Å²) in [4.78, 5) is 22.2. The lowest BCUT2D eigenvalue weighted by molar-refractivity contribution is -0.384. The summed E-state index contributed by atoms with van der Waals surface area (Å²) in [6, 6.07) is 11.2. The Hall–Kier alpha value is -3.15. The van der Waals surface area contributed by atoms with Crippen LogP contribution in [0.3, 0.4) is 0 Å². The van der Waals surface area contributed by atoms with Gasteiger partial charge in [0.1, 0.15) is 5.75 Å². The maximum atomic E-state index is 12.0. The standard InChI is InChI=1S/C19H20N2O4/c1-3-13(2)15-8-9-17(18(22)12-15)20-19(23)10-7-14-5-4-6-16(11-14)21(24)25/h4-13,22H,3H2,1-2H3,(H,20,23). The van der Waals surface area contributed by atoms with Crippen LogP contribution in [0.15, 0.2) is 48.5 Å². The van der Waals surface area contributed by atoms with E-state index in [9.17, 15) is 20.0 Å². The Kier molecular flexibility index (Phi) is 5.89. The number of carbonyl (C=O) groups is 1. The quantitative estimate of drug-likeness (QED) is 0.351. The molecule has 2 aromatic rings. The van der Waals surface area contributed by atoms with Gasteiger partial charge < -0.3 is 10.4 Å². The van der Waals surface area contributed by atoms with Crippen molar-refractivity contribution in [3.8, 4) is 5.75 Å². The molecule has 0 saturated carbocycles. The van der Waals surface area contributed by atoms with Crippen LogP contribution in [0.5, 0.6) is 5.75 Å². The van der Waals surface area contributed by atoms with E-state index in [1.165, 1.54) is 24.3 Å². The van der Waals surface area contributed by atoms with Gasteiger partial charge in [0, 0.05) is 18.2 Å². The number of nitro groups is 1. The molecule has 6 nitrogen and oxygen atoms in total. The van der Waals surface area contributed by atoms with Crippen molar-refractivity contribution in [1.29, 1.82) is 0 Å². The summed E-state index contributed by atoms with van der Waals surface area (Å²) in [7, 11) is 0. The summed E-state index contributed by atoms with van der Waals surface area (Å²) < 4.78 is 0. The zero-order chi connectivity index (χ0) is 18.4. The fourth-order valence-corrected chi connectivity index (χ4v) is 2.28.